The van der Waals surface area contributed by atoms with Crippen LogP contribution in [-0.2, 0) is 14.3 Å². The second kappa shape index (κ2) is 5.71. The zero-order valence-electron chi connectivity index (χ0n) is 9.40. The van der Waals surface area contributed by atoms with Gasteiger partial charge in [-0.25, -0.2) is 0 Å². The number of rotatable bonds is 5. The minimum absolute atomic E-state index is 0.0373. The predicted octanol–water partition coefficient (Wildman–Crippen LogP) is 0.721. The molecule has 0 fully saturated rings. The van der Waals surface area contributed by atoms with Crippen LogP contribution in [0.25, 0.3) is 0 Å². The molecule has 8 nitrogen and oxygen atoms in total. The number of hydrogen-bond donors (Lipinski definition) is 1. The molecule has 1 aromatic rings. The molecule has 0 amide bonds. The summed E-state index contributed by atoms with van der Waals surface area (Å²) in [5.74, 6) is -3.95. The maximum atomic E-state index is 11.4. The second-order valence-electron chi connectivity index (χ2n) is 3.22. The lowest BCUT2D eigenvalue weighted by atomic mass is 10.1. The van der Waals surface area contributed by atoms with Gasteiger partial charge in [0.15, 0.2) is 5.92 Å². The van der Waals surface area contributed by atoms with Crippen molar-refractivity contribution in [3.63, 3.8) is 0 Å². The standard InChI is InChI=1S/C10H10N2O6/c1-2-18-10(15)8(9(13)14)7-4-3-6(5-11-7)12(16)17/h3-5,8H,2H2,1H3,(H,13,14). The summed E-state index contributed by atoms with van der Waals surface area (Å²) in [7, 11) is 0. The maximum absolute atomic E-state index is 11.4. The Morgan fingerprint density at radius 1 is 1.56 bits per heavy atom. The Hall–Kier alpha value is -2.51. The fourth-order valence-corrected chi connectivity index (χ4v) is 1.25. The molecule has 0 aliphatic heterocycles. The highest BCUT2D eigenvalue weighted by Gasteiger charge is 2.31. The van der Waals surface area contributed by atoms with Gasteiger partial charge in [0, 0.05) is 6.07 Å². The van der Waals surface area contributed by atoms with Crippen LogP contribution in [0.5, 0.6) is 0 Å². The number of carbonyl (C=O) groups is 2. The number of carboxylic acids is 1. The second-order valence-corrected chi connectivity index (χ2v) is 3.22. The number of nitrogens with zero attached hydrogens (tertiary/aromatic N) is 2. The summed E-state index contributed by atoms with van der Waals surface area (Å²) in [6.07, 6.45) is 0.893. The van der Waals surface area contributed by atoms with E-state index < -0.39 is 22.8 Å². The Bertz CT molecular complexity index is 470. The number of carboxylic acid groups (broad SMARTS) is 1. The molecule has 1 heterocycles. The highest BCUT2D eigenvalue weighted by molar-refractivity contribution is 5.99. The van der Waals surface area contributed by atoms with Gasteiger partial charge in [-0.15, -0.1) is 0 Å². The molecule has 1 N–H and O–H groups in total. The number of nitro groups is 1. The van der Waals surface area contributed by atoms with Crippen LogP contribution in [0, 0.1) is 10.1 Å². The lowest BCUT2D eigenvalue weighted by Crippen LogP contribution is -2.24. The third-order valence-electron chi connectivity index (χ3n) is 2.05. The fraction of sp³-hybridized carbons (Fsp3) is 0.300. The van der Waals surface area contributed by atoms with Gasteiger partial charge in [0.2, 0.25) is 0 Å². The van der Waals surface area contributed by atoms with Gasteiger partial charge in [0.1, 0.15) is 6.20 Å². The van der Waals surface area contributed by atoms with Crippen LogP contribution < -0.4 is 0 Å². The van der Waals surface area contributed by atoms with Crippen LogP contribution in [-0.4, -0.2) is 33.6 Å². The average Bonchev–Trinajstić information content (AvgIpc) is 2.29. The molecule has 0 bridgehead atoms. The zero-order chi connectivity index (χ0) is 13.7. The maximum Gasteiger partial charge on any atom is 0.326 e. The monoisotopic (exact) mass is 254 g/mol. The van der Waals surface area contributed by atoms with Crippen LogP contribution in [0.4, 0.5) is 5.69 Å². The van der Waals surface area contributed by atoms with Crippen LogP contribution >= 0.6 is 0 Å². The third kappa shape index (κ3) is 3.00. The normalized spacial score (nSPS) is 11.6. The highest BCUT2D eigenvalue weighted by Crippen LogP contribution is 2.18. The van der Waals surface area contributed by atoms with Crippen LogP contribution in [0.1, 0.15) is 18.5 Å². The number of carbonyl (C=O) groups excluding carboxylic acids is 1. The van der Waals surface area contributed by atoms with Crippen molar-refractivity contribution < 1.29 is 24.4 Å². The van der Waals surface area contributed by atoms with E-state index in [-0.39, 0.29) is 18.0 Å². The summed E-state index contributed by atoms with van der Waals surface area (Å²) in [5.41, 5.74) is -0.390. The Kier molecular flexibility index (Phi) is 4.30. The third-order valence-corrected chi connectivity index (χ3v) is 2.05. The van der Waals surface area contributed by atoms with Crippen LogP contribution in [0.2, 0.25) is 0 Å². The molecular formula is C10H10N2O6. The van der Waals surface area contributed by atoms with Gasteiger partial charge in [-0.05, 0) is 13.0 Å². The van der Waals surface area contributed by atoms with E-state index in [0.29, 0.717) is 0 Å². The molecule has 96 valence electrons. The van der Waals surface area contributed by atoms with E-state index >= 15 is 0 Å². The molecule has 0 saturated heterocycles. The van der Waals surface area contributed by atoms with E-state index in [1.165, 1.54) is 0 Å². The van der Waals surface area contributed by atoms with Gasteiger partial charge in [-0.2, -0.15) is 0 Å². The van der Waals surface area contributed by atoms with Crippen molar-refractivity contribution in [2.75, 3.05) is 6.61 Å². The molecule has 8 heteroatoms. The van der Waals surface area contributed by atoms with Gasteiger partial charge in [0.25, 0.3) is 5.69 Å². The zero-order valence-corrected chi connectivity index (χ0v) is 9.40. The molecule has 0 aromatic carbocycles. The molecule has 1 unspecified atom stereocenters. The summed E-state index contributed by atoms with van der Waals surface area (Å²) in [4.78, 5) is 35.7. The number of hydrogen-bond acceptors (Lipinski definition) is 6. The summed E-state index contributed by atoms with van der Waals surface area (Å²) in [6.45, 7) is 1.58. The SMILES string of the molecule is CCOC(=O)C(C(=O)O)c1ccc([N+](=O)[O-])cn1. The average molecular weight is 254 g/mol. The van der Waals surface area contributed by atoms with Crippen molar-refractivity contribution in [1.29, 1.82) is 0 Å². The van der Waals surface area contributed by atoms with E-state index in [4.69, 9.17) is 5.11 Å². The van der Waals surface area contributed by atoms with Crippen molar-refractivity contribution in [2.24, 2.45) is 0 Å². The Morgan fingerprint density at radius 2 is 2.22 bits per heavy atom. The van der Waals surface area contributed by atoms with E-state index in [0.717, 1.165) is 18.3 Å². The summed E-state index contributed by atoms with van der Waals surface area (Å²) >= 11 is 0. The van der Waals surface area contributed by atoms with Gasteiger partial charge in [-0.1, -0.05) is 0 Å². The lowest BCUT2D eigenvalue weighted by Gasteiger charge is -2.10. The molecule has 0 radical (unpaired) electrons. The molecular weight excluding hydrogens is 244 g/mol. The molecule has 0 spiro atoms. The summed E-state index contributed by atoms with van der Waals surface area (Å²) in [6, 6.07) is 2.20. The van der Waals surface area contributed by atoms with Crippen molar-refractivity contribution >= 4 is 17.6 Å². The first-order valence-corrected chi connectivity index (χ1v) is 4.97. The van der Waals surface area contributed by atoms with Crippen LogP contribution in [0.15, 0.2) is 18.3 Å². The molecule has 0 aliphatic carbocycles. The fourth-order valence-electron chi connectivity index (χ4n) is 1.25. The molecule has 1 atom stereocenters. The minimum atomic E-state index is -1.58. The summed E-state index contributed by atoms with van der Waals surface area (Å²) < 4.78 is 4.60. The quantitative estimate of drug-likeness (QED) is 0.355. The molecule has 0 aliphatic rings. The van der Waals surface area contributed by atoms with E-state index in [9.17, 15) is 19.7 Å². The van der Waals surface area contributed by atoms with Gasteiger partial charge in [-0.3, -0.25) is 24.7 Å². The van der Waals surface area contributed by atoms with E-state index in [2.05, 4.69) is 9.72 Å². The minimum Gasteiger partial charge on any atom is -0.480 e. The number of aliphatic carboxylic acids is 1. The molecule has 1 rings (SSSR count). The highest BCUT2D eigenvalue weighted by atomic mass is 16.6. The first kappa shape index (κ1) is 13.6. The summed E-state index contributed by atoms with van der Waals surface area (Å²) in [5, 5.41) is 19.3. The predicted molar refractivity (Wildman–Crippen MR) is 57.9 cm³/mol. The van der Waals surface area contributed by atoms with Crippen LogP contribution in [0.3, 0.4) is 0 Å². The van der Waals surface area contributed by atoms with E-state index in [1.807, 2.05) is 0 Å². The van der Waals surface area contributed by atoms with Crippen molar-refractivity contribution in [3.8, 4) is 0 Å². The van der Waals surface area contributed by atoms with Crippen molar-refractivity contribution in [1.82, 2.24) is 4.98 Å². The molecule has 1 aromatic heterocycles. The number of ether oxygens (including phenoxy) is 1. The topological polar surface area (TPSA) is 120 Å². The lowest BCUT2D eigenvalue weighted by molar-refractivity contribution is -0.385. The Morgan fingerprint density at radius 3 is 2.61 bits per heavy atom. The largest absolute Gasteiger partial charge is 0.480 e. The van der Waals surface area contributed by atoms with Gasteiger partial charge < -0.3 is 9.84 Å². The molecule has 0 saturated carbocycles. The van der Waals surface area contributed by atoms with E-state index in [1.54, 1.807) is 6.92 Å². The first-order valence-electron chi connectivity index (χ1n) is 4.97. The van der Waals surface area contributed by atoms with Crippen molar-refractivity contribution in [2.45, 2.75) is 12.8 Å². The first-order chi connectivity index (χ1) is 8.47. The number of esters is 1. The number of aromatic nitrogens is 1. The number of pyridine rings is 1. The Balaban J connectivity index is 3.03. The smallest absolute Gasteiger partial charge is 0.326 e. The van der Waals surface area contributed by atoms with Gasteiger partial charge in [0.05, 0.1) is 17.2 Å². The van der Waals surface area contributed by atoms with Gasteiger partial charge >= 0.3 is 11.9 Å². The van der Waals surface area contributed by atoms with Crippen molar-refractivity contribution in [3.05, 3.63) is 34.1 Å². The molecule has 18 heavy (non-hydrogen) atoms. The Labute approximate surface area is 101 Å².